The van der Waals surface area contributed by atoms with Crippen molar-refractivity contribution in [1.82, 2.24) is 9.21 Å². The van der Waals surface area contributed by atoms with E-state index in [9.17, 15) is 13.2 Å². The summed E-state index contributed by atoms with van der Waals surface area (Å²) in [6.45, 7) is 2.46. The summed E-state index contributed by atoms with van der Waals surface area (Å²) in [7, 11) is -3.71. The molecular weight excluding hydrogens is 352 g/mol. The van der Waals surface area contributed by atoms with Gasteiger partial charge in [0, 0.05) is 19.6 Å². The van der Waals surface area contributed by atoms with Gasteiger partial charge in [0.15, 0.2) is 0 Å². The summed E-state index contributed by atoms with van der Waals surface area (Å²) in [5, 5.41) is 1.87. The van der Waals surface area contributed by atoms with E-state index in [2.05, 4.69) is 0 Å². The minimum Gasteiger partial charge on any atom is -0.378 e. The Balaban J connectivity index is 1.63. The fourth-order valence-electron chi connectivity index (χ4n) is 3.73. The molecule has 2 aliphatic rings. The number of sulfonamides is 1. The van der Waals surface area contributed by atoms with E-state index in [0.717, 1.165) is 10.8 Å². The van der Waals surface area contributed by atoms with Gasteiger partial charge in [-0.15, -0.1) is 0 Å². The molecular formula is C19H22N2O4S. The predicted molar refractivity (Wildman–Crippen MR) is 98.3 cm³/mol. The van der Waals surface area contributed by atoms with Crippen LogP contribution < -0.4 is 0 Å². The van der Waals surface area contributed by atoms with Gasteiger partial charge in [-0.3, -0.25) is 4.79 Å². The highest BCUT2D eigenvalue weighted by molar-refractivity contribution is 7.89. The monoisotopic (exact) mass is 374 g/mol. The summed E-state index contributed by atoms with van der Waals surface area (Å²) in [6, 6.07) is 12.2. The van der Waals surface area contributed by atoms with E-state index >= 15 is 0 Å². The lowest BCUT2D eigenvalue weighted by Crippen LogP contribution is -2.50. The second-order valence-corrected chi connectivity index (χ2v) is 8.61. The van der Waals surface area contributed by atoms with Crippen LogP contribution >= 0.6 is 0 Å². The third-order valence-corrected chi connectivity index (χ3v) is 7.04. The van der Waals surface area contributed by atoms with Crippen molar-refractivity contribution in [3.05, 3.63) is 42.5 Å². The first-order valence-corrected chi connectivity index (χ1v) is 10.4. The smallest absolute Gasteiger partial charge is 0.243 e. The Bertz CT molecular complexity index is 922. The van der Waals surface area contributed by atoms with Crippen molar-refractivity contribution in [1.29, 1.82) is 0 Å². The Hall–Kier alpha value is -1.96. The highest BCUT2D eigenvalue weighted by Gasteiger charge is 2.41. The molecule has 2 aromatic rings. The number of carbonyl (C=O) groups excluding carboxylic acids is 1. The average molecular weight is 374 g/mol. The SMILES string of the molecule is O=C([C@H]1CCCN1S(=O)(=O)c1ccc2ccccc2c1)N1CCOCC1. The number of nitrogens with zero attached hydrogens (tertiary/aromatic N) is 2. The van der Waals surface area contributed by atoms with Gasteiger partial charge in [0.1, 0.15) is 6.04 Å². The van der Waals surface area contributed by atoms with E-state index in [1.54, 1.807) is 17.0 Å². The second kappa shape index (κ2) is 6.98. The summed E-state index contributed by atoms with van der Waals surface area (Å²) < 4.78 is 33.1. The summed E-state index contributed by atoms with van der Waals surface area (Å²) in [4.78, 5) is 14.8. The van der Waals surface area contributed by atoms with Crippen LogP contribution in [-0.2, 0) is 19.6 Å². The molecule has 4 rings (SSSR count). The molecule has 2 heterocycles. The number of hydrogen-bond acceptors (Lipinski definition) is 4. The maximum Gasteiger partial charge on any atom is 0.243 e. The van der Waals surface area contributed by atoms with Gasteiger partial charge >= 0.3 is 0 Å². The lowest BCUT2D eigenvalue weighted by atomic mass is 10.1. The van der Waals surface area contributed by atoms with Gasteiger partial charge < -0.3 is 9.64 Å². The molecule has 2 fully saturated rings. The average Bonchev–Trinajstić information content (AvgIpc) is 3.18. The van der Waals surface area contributed by atoms with Crippen LogP contribution in [0, 0.1) is 0 Å². The molecule has 0 radical (unpaired) electrons. The van der Waals surface area contributed by atoms with E-state index in [-0.39, 0.29) is 10.8 Å². The Morgan fingerprint density at radius 3 is 2.50 bits per heavy atom. The van der Waals surface area contributed by atoms with Crippen LogP contribution in [0.5, 0.6) is 0 Å². The summed E-state index contributed by atoms with van der Waals surface area (Å²) in [5.74, 6) is -0.102. The fourth-order valence-corrected chi connectivity index (χ4v) is 5.42. The van der Waals surface area contributed by atoms with Gasteiger partial charge in [-0.25, -0.2) is 8.42 Å². The lowest BCUT2D eigenvalue weighted by Gasteiger charge is -2.32. The number of hydrogen-bond donors (Lipinski definition) is 0. The number of benzene rings is 2. The molecule has 0 N–H and O–H groups in total. The van der Waals surface area contributed by atoms with Gasteiger partial charge in [0.2, 0.25) is 15.9 Å². The zero-order valence-electron chi connectivity index (χ0n) is 14.5. The zero-order valence-corrected chi connectivity index (χ0v) is 15.3. The molecule has 6 nitrogen and oxygen atoms in total. The molecule has 2 aliphatic heterocycles. The number of rotatable bonds is 3. The third-order valence-electron chi connectivity index (χ3n) is 5.14. The number of ether oxygens (including phenoxy) is 1. The van der Waals surface area contributed by atoms with Crippen molar-refractivity contribution in [2.24, 2.45) is 0 Å². The van der Waals surface area contributed by atoms with Gasteiger partial charge in [0.05, 0.1) is 18.1 Å². The van der Waals surface area contributed by atoms with E-state index < -0.39 is 16.1 Å². The Kier molecular flexibility index (Phi) is 4.69. The number of morpholine rings is 1. The Morgan fingerprint density at radius 1 is 1.00 bits per heavy atom. The zero-order chi connectivity index (χ0) is 18.1. The maximum atomic E-state index is 13.2. The molecule has 0 saturated carbocycles. The van der Waals surface area contributed by atoms with Crippen molar-refractivity contribution in [3.8, 4) is 0 Å². The van der Waals surface area contributed by atoms with Crippen LogP contribution in [0.2, 0.25) is 0 Å². The normalized spacial score (nSPS) is 22.0. The van der Waals surface area contributed by atoms with Crippen molar-refractivity contribution in [3.63, 3.8) is 0 Å². The first-order valence-electron chi connectivity index (χ1n) is 8.94. The highest BCUT2D eigenvalue weighted by Crippen LogP contribution is 2.29. The van der Waals surface area contributed by atoms with E-state index in [4.69, 9.17) is 4.74 Å². The standard InChI is InChI=1S/C19H22N2O4S/c22-19(20-10-12-25-13-11-20)18-6-3-9-21(18)26(23,24)17-8-7-15-4-1-2-5-16(15)14-17/h1-2,4-5,7-8,14,18H,3,6,9-13H2/t18-/m1/s1. The van der Waals surface area contributed by atoms with E-state index in [1.807, 2.05) is 30.3 Å². The molecule has 2 aromatic carbocycles. The van der Waals surface area contributed by atoms with Gasteiger partial charge in [-0.2, -0.15) is 4.31 Å². The summed E-state index contributed by atoms with van der Waals surface area (Å²) in [5.41, 5.74) is 0. The number of fused-ring (bicyclic) bond motifs is 1. The molecule has 138 valence electrons. The minimum absolute atomic E-state index is 0.102. The van der Waals surface area contributed by atoms with Crippen molar-refractivity contribution in [2.75, 3.05) is 32.8 Å². The lowest BCUT2D eigenvalue weighted by molar-refractivity contribution is -0.138. The van der Waals surface area contributed by atoms with E-state index in [1.165, 1.54) is 4.31 Å². The molecule has 0 aromatic heterocycles. The van der Waals surface area contributed by atoms with Crippen molar-refractivity contribution >= 4 is 26.7 Å². The van der Waals surface area contributed by atoms with E-state index in [0.29, 0.717) is 45.7 Å². The first kappa shape index (κ1) is 17.5. The molecule has 26 heavy (non-hydrogen) atoms. The summed E-state index contributed by atoms with van der Waals surface area (Å²) >= 11 is 0. The molecule has 1 atom stereocenters. The largest absolute Gasteiger partial charge is 0.378 e. The van der Waals surface area contributed by atoms with Crippen LogP contribution in [0.25, 0.3) is 10.8 Å². The minimum atomic E-state index is -3.71. The molecule has 0 bridgehead atoms. The molecule has 0 unspecified atom stereocenters. The molecule has 2 saturated heterocycles. The highest BCUT2D eigenvalue weighted by atomic mass is 32.2. The van der Waals surface area contributed by atoms with Gasteiger partial charge in [-0.05, 0) is 35.7 Å². The van der Waals surface area contributed by atoms with Crippen molar-refractivity contribution < 1.29 is 17.9 Å². The number of carbonyl (C=O) groups is 1. The molecule has 0 spiro atoms. The second-order valence-electron chi connectivity index (χ2n) is 6.72. The molecule has 0 aliphatic carbocycles. The van der Waals surface area contributed by atoms with Gasteiger partial charge in [-0.1, -0.05) is 30.3 Å². The van der Waals surface area contributed by atoms with Crippen LogP contribution in [-0.4, -0.2) is 62.4 Å². The van der Waals surface area contributed by atoms with Gasteiger partial charge in [0.25, 0.3) is 0 Å². The fraction of sp³-hybridized carbons (Fsp3) is 0.421. The van der Waals surface area contributed by atoms with Crippen LogP contribution in [0.1, 0.15) is 12.8 Å². The number of amides is 1. The first-order chi connectivity index (χ1) is 12.6. The predicted octanol–water partition coefficient (Wildman–Crippen LogP) is 1.85. The van der Waals surface area contributed by atoms with Crippen LogP contribution in [0.4, 0.5) is 0 Å². The molecule has 7 heteroatoms. The molecule has 1 amide bonds. The quantitative estimate of drug-likeness (QED) is 0.822. The Morgan fingerprint density at radius 2 is 1.73 bits per heavy atom. The third kappa shape index (κ3) is 3.11. The topological polar surface area (TPSA) is 66.9 Å². The maximum absolute atomic E-state index is 13.2. The summed E-state index contributed by atoms with van der Waals surface area (Å²) in [6.07, 6.45) is 1.27. The van der Waals surface area contributed by atoms with Crippen LogP contribution in [0.3, 0.4) is 0 Å². The van der Waals surface area contributed by atoms with Crippen LogP contribution in [0.15, 0.2) is 47.4 Å². The Labute approximate surface area is 153 Å². The van der Waals surface area contributed by atoms with Crippen molar-refractivity contribution in [2.45, 2.75) is 23.8 Å².